The zero-order chi connectivity index (χ0) is 13.3. The van der Waals surface area contributed by atoms with Gasteiger partial charge in [0.15, 0.2) is 0 Å². The molecule has 2 unspecified atom stereocenters. The van der Waals surface area contributed by atoms with Gasteiger partial charge in [0, 0.05) is 37.4 Å². The first-order valence-electron chi connectivity index (χ1n) is 6.76. The Morgan fingerprint density at radius 2 is 1.83 bits per heavy atom. The fraction of sp³-hybridized carbons (Fsp3) is 0.600. The van der Waals surface area contributed by atoms with Gasteiger partial charge in [-0.3, -0.25) is 9.80 Å². The van der Waals surface area contributed by atoms with Crippen molar-refractivity contribution in [2.45, 2.75) is 39.4 Å². The molecule has 1 aromatic rings. The average Bonchev–Trinajstić information content (AvgIpc) is 2.31. The Morgan fingerprint density at radius 1 is 1.22 bits per heavy atom. The highest BCUT2D eigenvalue weighted by Gasteiger charge is 2.26. The Balaban J connectivity index is 2.03. The molecule has 1 heterocycles. The lowest BCUT2D eigenvalue weighted by Gasteiger charge is -2.42. The summed E-state index contributed by atoms with van der Waals surface area (Å²) < 4.78 is 0. The molecule has 3 nitrogen and oxygen atoms in total. The van der Waals surface area contributed by atoms with Gasteiger partial charge >= 0.3 is 0 Å². The van der Waals surface area contributed by atoms with Crippen molar-refractivity contribution >= 4 is 5.69 Å². The summed E-state index contributed by atoms with van der Waals surface area (Å²) in [4.78, 5) is 4.99. The summed E-state index contributed by atoms with van der Waals surface area (Å²) in [6, 6.07) is 7.67. The van der Waals surface area contributed by atoms with Crippen molar-refractivity contribution < 1.29 is 0 Å². The molecule has 100 valence electrons. The number of anilines is 1. The maximum atomic E-state index is 5.98. The Kier molecular flexibility index (Phi) is 3.93. The molecule has 3 heteroatoms. The molecule has 0 amide bonds. The number of benzene rings is 1. The number of aryl methyl sites for hydroxylation is 1. The van der Waals surface area contributed by atoms with Crippen molar-refractivity contribution in [3.05, 3.63) is 29.3 Å². The number of nitrogen functional groups attached to an aromatic ring is 1. The van der Waals surface area contributed by atoms with Crippen LogP contribution in [0.15, 0.2) is 18.2 Å². The molecule has 0 saturated carbocycles. The zero-order valence-electron chi connectivity index (χ0n) is 12.0. The van der Waals surface area contributed by atoms with Gasteiger partial charge in [-0.05, 0) is 45.0 Å². The maximum Gasteiger partial charge on any atom is 0.0346 e. The van der Waals surface area contributed by atoms with E-state index in [0.29, 0.717) is 12.1 Å². The second-order valence-corrected chi connectivity index (χ2v) is 5.75. The number of hydrogen-bond donors (Lipinski definition) is 1. The standard InChI is InChI=1S/C15H25N3/c1-11-5-6-14(7-15(11)16)10-18-8-12(2)17(4)13(3)9-18/h5-7,12-13H,8-10,16H2,1-4H3. The lowest BCUT2D eigenvalue weighted by molar-refractivity contribution is 0.0556. The molecule has 0 aliphatic carbocycles. The van der Waals surface area contributed by atoms with Crippen molar-refractivity contribution in [2.75, 3.05) is 25.9 Å². The molecule has 0 aromatic heterocycles. The number of piperazine rings is 1. The summed E-state index contributed by atoms with van der Waals surface area (Å²) in [5.74, 6) is 0. The van der Waals surface area contributed by atoms with E-state index in [4.69, 9.17) is 5.73 Å². The SMILES string of the molecule is Cc1ccc(CN2CC(C)N(C)C(C)C2)cc1N. The first-order valence-corrected chi connectivity index (χ1v) is 6.76. The van der Waals surface area contributed by atoms with Crippen molar-refractivity contribution in [3.8, 4) is 0 Å². The van der Waals surface area contributed by atoms with E-state index in [2.05, 4.69) is 55.8 Å². The molecule has 1 aliphatic rings. The first-order chi connectivity index (χ1) is 8.47. The van der Waals surface area contributed by atoms with E-state index in [-0.39, 0.29) is 0 Å². The monoisotopic (exact) mass is 247 g/mol. The molecule has 1 aliphatic heterocycles. The molecule has 1 aromatic carbocycles. The summed E-state index contributed by atoms with van der Waals surface area (Å²) in [6.07, 6.45) is 0. The highest BCUT2D eigenvalue weighted by molar-refractivity contribution is 5.48. The van der Waals surface area contributed by atoms with Crippen LogP contribution in [-0.2, 0) is 6.54 Å². The van der Waals surface area contributed by atoms with Crippen molar-refractivity contribution in [3.63, 3.8) is 0 Å². The fourth-order valence-corrected chi connectivity index (χ4v) is 2.69. The minimum atomic E-state index is 0.622. The van der Waals surface area contributed by atoms with Gasteiger partial charge in [0.1, 0.15) is 0 Å². The third-order valence-corrected chi connectivity index (χ3v) is 4.19. The summed E-state index contributed by atoms with van der Waals surface area (Å²) in [7, 11) is 2.22. The molecule has 2 N–H and O–H groups in total. The van der Waals surface area contributed by atoms with Crippen LogP contribution in [0, 0.1) is 6.92 Å². The quantitative estimate of drug-likeness (QED) is 0.812. The van der Waals surface area contributed by atoms with Crippen LogP contribution < -0.4 is 5.73 Å². The predicted octanol–water partition coefficient (Wildman–Crippen LogP) is 2.10. The van der Waals surface area contributed by atoms with Crippen LogP contribution in [0.3, 0.4) is 0 Å². The van der Waals surface area contributed by atoms with Gasteiger partial charge in [0.2, 0.25) is 0 Å². The van der Waals surface area contributed by atoms with Gasteiger partial charge in [0.25, 0.3) is 0 Å². The first kappa shape index (κ1) is 13.4. The summed E-state index contributed by atoms with van der Waals surface area (Å²) >= 11 is 0. The fourth-order valence-electron chi connectivity index (χ4n) is 2.69. The Bertz CT molecular complexity index is 404. The highest BCUT2D eigenvalue weighted by atomic mass is 15.3. The molecule has 0 spiro atoms. The van der Waals surface area contributed by atoms with E-state index < -0.39 is 0 Å². The second-order valence-electron chi connectivity index (χ2n) is 5.75. The molecule has 1 fully saturated rings. The van der Waals surface area contributed by atoms with Gasteiger partial charge in [-0.2, -0.15) is 0 Å². The van der Waals surface area contributed by atoms with Gasteiger partial charge < -0.3 is 5.73 Å². The van der Waals surface area contributed by atoms with E-state index in [1.54, 1.807) is 0 Å². The van der Waals surface area contributed by atoms with Crippen LogP contribution in [0.1, 0.15) is 25.0 Å². The topological polar surface area (TPSA) is 32.5 Å². The predicted molar refractivity (Wildman–Crippen MR) is 77.6 cm³/mol. The average molecular weight is 247 g/mol. The van der Waals surface area contributed by atoms with E-state index >= 15 is 0 Å². The minimum absolute atomic E-state index is 0.622. The van der Waals surface area contributed by atoms with Crippen LogP contribution in [0.4, 0.5) is 5.69 Å². The van der Waals surface area contributed by atoms with Crippen molar-refractivity contribution in [2.24, 2.45) is 0 Å². The molecule has 2 atom stereocenters. The number of nitrogens with two attached hydrogens (primary N) is 1. The van der Waals surface area contributed by atoms with Crippen LogP contribution in [0.2, 0.25) is 0 Å². The Labute approximate surface area is 111 Å². The molecule has 1 saturated heterocycles. The Morgan fingerprint density at radius 3 is 2.39 bits per heavy atom. The van der Waals surface area contributed by atoms with Gasteiger partial charge in [-0.1, -0.05) is 12.1 Å². The largest absolute Gasteiger partial charge is 0.399 e. The summed E-state index contributed by atoms with van der Waals surface area (Å²) in [5, 5.41) is 0. The van der Waals surface area contributed by atoms with E-state index in [1.807, 2.05) is 0 Å². The minimum Gasteiger partial charge on any atom is -0.399 e. The van der Waals surface area contributed by atoms with Gasteiger partial charge in [-0.25, -0.2) is 0 Å². The van der Waals surface area contributed by atoms with Crippen LogP contribution in [0.5, 0.6) is 0 Å². The van der Waals surface area contributed by atoms with E-state index in [0.717, 1.165) is 25.3 Å². The smallest absolute Gasteiger partial charge is 0.0346 e. The molecule has 18 heavy (non-hydrogen) atoms. The molecule has 2 rings (SSSR count). The second kappa shape index (κ2) is 5.29. The number of nitrogens with zero attached hydrogens (tertiary/aromatic N) is 2. The molecular formula is C15H25N3. The highest BCUT2D eigenvalue weighted by Crippen LogP contribution is 2.18. The summed E-state index contributed by atoms with van der Waals surface area (Å²) in [6.45, 7) is 9.92. The molecular weight excluding hydrogens is 222 g/mol. The Hall–Kier alpha value is -1.06. The third-order valence-electron chi connectivity index (χ3n) is 4.19. The lowest BCUT2D eigenvalue weighted by atomic mass is 10.1. The number of likely N-dealkylation sites (N-methyl/N-ethyl adjacent to an activating group) is 1. The van der Waals surface area contributed by atoms with Crippen LogP contribution in [-0.4, -0.2) is 42.0 Å². The van der Waals surface area contributed by atoms with E-state index in [9.17, 15) is 0 Å². The lowest BCUT2D eigenvalue weighted by Crippen LogP contribution is -2.54. The van der Waals surface area contributed by atoms with Gasteiger partial charge in [0.05, 0.1) is 0 Å². The third kappa shape index (κ3) is 2.85. The number of rotatable bonds is 2. The zero-order valence-corrected chi connectivity index (χ0v) is 12.0. The number of hydrogen-bond acceptors (Lipinski definition) is 3. The molecule has 0 bridgehead atoms. The van der Waals surface area contributed by atoms with Gasteiger partial charge in [-0.15, -0.1) is 0 Å². The normalized spacial score (nSPS) is 26.4. The van der Waals surface area contributed by atoms with Crippen LogP contribution >= 0.6 is 0 Å². The van der Waals surface area contributed by atoms with Crippen LogP contribution in [0.25, 0.3) is 0 Å². The summed E-state index contributed by atoms with van der Waals surface area (Å²) in [5.41, 5.74) is 9.37. The van der Waals surface area contributed by atoms with Crippen molar-refractivity contribution in [1.82, 2.24) is 9.80 Å². The van der Waals surface area contributed by atoms with E-state index in [1.165, 1.54) is 11.1 Å². The maximum absolute atomic E-state index is 5.98. The molecule has 0 radical (unpaired) electrons. The van der Waals surface area contributed by atoms with Crippen molar-refractivity contribution in [1.29, 1.82) is 0 Å².